The number of hydrogen-bond acceptors (Lipinski definition) is 8. The van der Waals surface area contributed by atoms with Gasteiger partial charge in [0.05, 0.1) is 18.5 Å². The number of benzene rings is 2. The molecule has 5 rings (SSSR count). The van der Waals surface area contributed by atoms with E-state index < -0.39 is 5.60 Å². The van der Waals surface area contributed by atoms with Crippen LogP contribution in [0.4, 0.5) is 10.6 Å². The van der Waals surface area contributed by atoms with E-state index in [0.29, 0.717) is 48.0 Å². The van der Waals surface area contributed by atoms with E-state index in [1.54, 1.807) is 19.1 Å². The van der Waals surface area contributed by atoms with Crippen LogP contribution in [-0.4, -0.2) is 64.3 Å². The number of fused-ring (bicyclic) bond motifs is 1. The smallest absolute Gasteiger partial charge is 0.410 e. The van der Waals surface area contributed by atoms with Gasteiger partial charge in [0.1, 0.15) is 40.6 Å². The number of amides is 1. The van der Waals surface area contributed by atoms with Crippen molar-refractivity contribution >= 4 is 28.8 Å². The Labute approximate surface area is 233 Å². The van der Waals surface area contributed by atoms with Gasteiger partial charge in [0.15, 0.2) is 0 Å². The van der Waals surface area contributed by atoms with Gasteiger partial charge in [-0.05, 0) is 57.0 Å². The minimum Gasteiger partial charge on any atom is -0.480 e. The minimum atomic E-state index is -0.580. The Bertz CT molecular complexity index is 1540. The van der Waals surface area contributed by atoms with E-state index in [4.69, 9.17) is 19.9 Å². The normalized spacial score (nSPS) is 15.9. The fourth-order valence-corrected chi connectivity index (χ4v) is 5.06. The molecule has 1 atom stereocenters. The van der Waals surface area contributed by atoms with E-state index in [1.165, 1.54) is 6.33 Å². The van der Waals surface area contributed by atoms with Crippen LogP contribution in [0.2, 0.25) is 0 Å². The number of nitrogens with zero attached hydrogens (tertiary/aromatic N) is 5. The van der Waals surface area contributed by atoms with Crippen LogP contribution in [0.15, 0.2) is 65.9 Å². The first-order chi connectivity index (χ1) is 19.2. The SMILES string of the molecule is CN=C(OC)c1c(-c2ccc(Oc3ccccc3)cc2)c2c(N)ncnc2n1C1CCN(C(=O)OC(C)(C)C)C1. The summed E-state index contributed by atoms with van der Waals surface area (Å²) in [4.78, 5) is 28.0. The molecular formula is C30H34N6O4. The summed E-state index contributed by atoms with van der Waals surface area (Å²) in [6.45, 7) is 6.58. The van der Waals surface area contributed by atoms with Crippen LogP contribution < -0.4 is 10.5 Å². The van der Waals surface area contributed by atoms with Gasteiger partial charge in [-0.2, -0.15) is 0 Å². The molecule has 2 aromatic carbocycles. The van der Waals surface area contributed by atoms with Crippen LogP contribution in [0, 0.1) is 0 Å². The van der Waals surface area contributed by atoms with E-state index >= 15 is 0 Å². The van der Waals surface area contributed by atoms with Crippen molar-refractivity contribution in [3.8, 4) is 22.6 Å². The lowest BCUT2D eigenvalue weighted by Gasteiger charge is -2.25. The third kappa shape index (κ3) is 5.29. The molecule has 1 unspecified atom stereocenters. The van der Waals surface area contributed by atoms with Crippen LogP contribution in [0.1, 0.15) is 38.9 Å². The topological polar surface area (TPSA) is 117 Å². The number of rotatable bonds is 5. The summed E-state index contributed by atoms with van der Waals surface area (Å²) in [5.74, 6) is 2.22. The summed E-state index contributed by atoms with van der Waals surface area (Å²) >= 11 is 0. The Hall–Kier alpha value is -4.60. The van der Waals surface area contributed by atoms with Crippen molar-refractivity contribution in [2.45, 2.75) is 38.8 Å². The summed E-state index contributed by atoms with van der Waals surface area (Å²) < 4.78 is 19.5. The molecular weight excluding hydrogens is 508 g/mol. The molecule has 10 heteroatoms. The zero-order valence-electron chi connectivity index (χ0n) is 23.4. The first-order valence-corrected chi connectivity index (χ1v) is 13.2. The first-order valence-electron chi connectivity index (χ1n) is 13.2. The molecule has 1 aliphatic rings. The Morgan fingerprint density at radius 1 is 1.05 bits per heavy atom. The van der Waals surface area contributed by atoms with Gasteiger partial charge < -0.3 is 29.4 Å². The van der Waals surface area contributed by atoms with Gasteiger partial charge >= 0.3 is 6.09 Å². The standard InChI is InChI=1S/C30H34N6O4/c1-30(2,3)40-29(37)35-16-15-20(17-35)36-25(28(32-4)38-5)23(24-26(31)33-18-34-27(24)36)19-11-13-22(14-12-19)39-21-9-7-6-8-10-21/h6-14,18,20H,15-17H2,1-5H3,(H2,31,33,34). The highest BCUT2D eigenvalue weighted by molar-refractivity contribution is 6.12. The number of aliphatic imine (C=N–C) groups is 1. The van der Waals surface area contributed by atoms with Crippen molar-refractivity contribution in [3.63, 3.8) is 0 Å². The van der Waals surface area contributed by atoms with Gasteiger partial charge in [-0.1, -0.05) is 30.3 Å². The highest BCUT2D eigenvalue weighted by Gasteiger charge is 2.36. The van der Waals surface area contributed by atoms with E-state index in [1.807, 2.05) is 75.4 Å². The van der Waals surface area contributed by atoms with Crippen molar-refractivity contribution in [3.05, 3.63) is 66.6 Å². The van der Waals surface area contributed by atoms with Crippen LogP contribution >= 0.6 is 0 Å². The predicted octanol–water partition coefficient (Wildman–Crippen LogP) is 5.68. The molecule has 1 saturated heterocycles. The molecule has 1 aliphatic heterocycles. The maximum absolute atomic E-state index is 12.9. The predicted molar refractivity (Wildman–Crippen MR) is 155 cm³/mol. The first kappa shape index (κ1) is 27.0. The Morgan fingerprint density at radius 2 is 1.75 bits per heavy atom. The largest absolute Gasteiger partial charge is 0.480 e. The Kier molecular flexibility index (Phi) is 7.34. The number of nitrogens with two attached hydrogens (primary N) is 1. The van der Waals surface area contributed by atoms with Crippen LogP contribution in [0.3, 0.4) is 0 Å². The highest BCUT2D eigenvalue weighted by Crippen LogP contribution is 2.41. The number of methoxy groups -OCH3 is 1. The number of hydrogen-bond donors (Lipinski definition) is 1. The second-order valence-electron chi connectivity index (χ2n) is 10.6. The number of likely N-dealkylation sites (tertiary alicyclic amines) is 1. The minimum absolute atomic E-state index is 0.111. The van der Waals surface area contributed by atoms with E-state index in [-0.39, 0.29) is 12.1 Å². The lowest BCUT2D eigenvalue weighted by atomic mass is 10.0. The summed E-state index contributed by atoms with van der Waals surface area (Å²) in [6.07, 6.45) is 1.81. The number of ether oxygens (including phenoxy) is 3. The average Bonchev–Trinajstić information content (AvgIpc) is 3.54. The molecule has 0 radical (unpaired) electrons. The molecule has 0 aliphatic carbocycles. The van der Waals surface area contributed by atoms with Crippen molar-refractivity contribution in [2.75, 3.05) is 33.0 Å². The quantitative estimate of drug-likeness (QED) is 0.255. The lowest BCUT2D eigenvalue weighted by Crippen LogP contribution is -2.35. The van der Waals surface area contributed by atoms with E-state index in [0.717, 1.165) is 22.6 Å². The monoisotopic (exact) mass is 542 g/mol. The zero-order valence-corrected chi connectivity index (χ0v) is 23.4. The van der Waals surface area contributed by atoms with Crippen molar-refractivity contribution in [1.82, 2.24) is 19.4 Å². The van der Waals surface area contributed by atoms with Crippen LogP contribution in [0.25, 0.3) is 22.2 Å². The second-order valence-corrected chi connectivity index (χ2v) is 10.6. The molecule has 0 spiro atoms. The third-order valence-corrected chi connectivity index (χ3v) is 6.71. The van der Waals surface area contributed by atoms with Gasteiger partial charge in [-0.15, -0.1) is 0 Å². The van der Waals surface area contributed by atoms with Gasteiger partial charge in [0.25, 0.3) is 0 Å². The molecule has 2 aromatic heterocycles. The fraction of sp³-hybridized carbons (Fsp3) is 0.333. The summed E-state index contributed by atoms with van der Waals surface area (Å²) in [6, 6.07) is 17.3. The van der Waals surface area contributed by atoms with Crippen molar-refractivity contribution in [1.29, 1.82) is 0 Å². The molecule has 4 aromatic rings. The number of carbonyl (C=O) groups excluding carboxylic acids is 1. The van der Waals surface area contributed by atoms with Crippen molar-refractivity contribution in [2.24, 2.45) is 4.99 Å². The number of anilines is 1. The Balaban J connectivity index is 1.61. The molecule has 3 heterocycles. The van der Waals surface area contributed by atoms with Crippen LogP contribution in [0.5, 0.6) is 11.5 Å². The van der Waals surface area contributed by atoms with Gasteiger partial charge in [0.2, 0.25) is 5.90 Å². The molecule has 208 valence electrons. The average molecular weight is 543 g/mol. The molecule has 0 bridgehead atoms. The van der Waals surface area contributed by atoms with Gasteiger partial charge in [-0.25, -0.2) is 14.8 Å². The molecule has 0 saturated carbocycles. The molecule has 1 amide bonds. The third-order valence-electron chi connectivity index (χ3n) is 6.71. The summed E-state index contributed by atoms with van der Waals surface area (Å²) in [5, 5.41) is 0.697. The number of nitrogen functional groups attached to an aromatic ring is 1. The maximum atomic E-state index is 12.9. The van der Waals surface area contributed by atoms with E-state index in [2.05, 4.69) is 19.5 Å². The molecule has 2 N–H and O–H groups in total. The second kappa shape index (κ2) is 10.9. The van der Waals surface area contributed by atoms with Crippen molar-refractivity contribution < 1.29 is 19.0 Å². The lowest BCUT2D eigenvalue weighted by molar-refractivity contribution is 0.0289. The molecule has 10 nitrogen and oxygen atoms in total. The molecule has 40 heavy (non-hydrogen) atoms. The number of carbonyl (C=O) groups is 1. The fourth-order valence-electron chi connectivity index (χ4n) is 5.06. The highest BCUT2D eigenvalue weighted by atomic mass is 16.6. The molecule has 1 fully saturated rings. The van der Waals surface area contributed by atoms with Gasteiger partial charge in [0, 0.05) is 25.7 Å². The van der Waals surface area contributed by atoms with Crippen LogP contribution in [-0.2, 0) is 9.47 Å². The number of para-hydroxylation sites is 1. The van der Waals surface area contributed by atoms with Gasteiger partial charge in [-0.3, -0.25) is 4.99 Å². The Morgan fingerprint density at radius 3 is 2.40 bits per heavy atom. The number of aromatic nitrogens is 3. The summed E-state index contributed by atoms with van der Waals surface area (Å²) in [7, 11) is 3.26. The zero-order chi connectivity index (χ0) is 28.4. The van der Waals surface area contributed by atoms with E-state index in [9.17, 15) is 4.79 Å². The maximum Gasteiger partial charge on any atom is 0.410 e. The summed E-state index contributed by atoms with van der Waals surface area (Å²) in [5.41, 5.74) is 8.95.